The fourth-order valence-corrected chi connectivity index (χ4v) is 1.62. The quantitative estimate of drug-likeness (QED) is 0.737. The highest BCUT2D eigenvalue weighted by atomic mass is 16.5. The number of rotatable bonds is 4. The first-order valence-electron chi connectivity index (χ1n) is 5.71. The number of nitrogens with zero attached hydrogens (tertiary/aromatic N) is 1. The molecule has 0 aliphatic carbocycles. The van der Waals surface area contributed by atoms with Crippen LogP contribution in [0, 0.1) is 0 Å². The van der Waals surface area contributed by atoms with Crippen molar-refractivity contribution in [2.45, 2.75) is 32.5 Å². The van der Waals surface area contributed by atoms with Gasteiger partial charge < -0.3 is 20.1 Å². The van der Waals surface area contributed by atoms with Crippen molar-refractivity contribution in [1.82, 2.24) is 4.90 Å². The molecule has 1 fully saturated rings. The normalized spacial score (nSPS) is 19.6. The van der Waals surface area contributed by atoms with Crippen LogP contribution in [0.4, 0.5) is 0 Å². The van der Waals surface area contributed by atoms with Gasteiger partial charge in [0.25, 0.3) is 5.91 Å². The maximum atomic E-state index is 12.0. The number of amides is 1. The van der Waals surface area contributed by atoms with E-state index in [1.807, 2.05) is 13.8 Å². The van der Waals surface area contributed by atoms with Gasteiger partial charge in [-0.25, -0.2) is 0 Å². The fourth-order valence-electron chi connectivity index (χ4n) is 1.62. The Morgan fingerprint density at radius 3 is 2.56 bits per heavy atom. The summed E-state index contributed by atoms with van der Waals surface area (Å²) < 4.78 is 10.8. The van der Waals surface area contributed by atoms with Crippen molar-refractivity contribution in [1.29, 1.82) is 0 Å². The predicted octanol–water partition coefficient (Wildman–Crippen LogP) is -0.0124. The molecule has 94 valence electrons. The first-order valence-corrected chi connectivity index (χ1v) is 5.71. The standard InChI is InChI=1S/C11H22N2O3/c1-9(16-11(2,3)8-12)10(14)13-4-6-15-7-5-13/h9H,4-8,12H2,1-3H3. The topological polar surface area (TPSA) is 64.8 Å². The summed E-state index contributed by atoms with van der Waals surface area (Å²) in [6.45, 7) is 8.46. The largest absolute Gasteiger partial charge is 0.378 e. The molecular weight excluding hydrogens is 208 g/mol. The Balaban J connectivity index is 2.46. The van der Waals surface area contributed by atoms with Crippen molar-refractivity contribution < 1.29 is 14.3 Å². The molecule has 0 spiro atoms. The van der Waals surface area contributed by atoms with Gasteiger partial charge in [0.1, 0.15) is 6.10 Å². The summed E-state index contributed by atoms with van der Waals surface area (Å²) in [7, 11) is 0. The fraction of sp³-hybridized carbons (Fsp3) is 0.909. The van der Waals surface area contributed by atoms with Crippen LogP contribution in [0.25, 0.3) is 0 Å². The molecule has 2 N–H and O–H groups in total. The Morgan fingerprint density at radius 2 is 2.06 bits per heavy atom. The molecule has 1 heterocycles. The van der Waals surface area contributed by atoms with E-state index in [-0.39, 0.29) is 5.91 Å². The summed E-state index contributed by atoms with van der Waals surface area (Å²) >= 11 is 0. The smallest absolute Gasteiger partial charge is 0.251 e. The molecule has 1 rings (SSSR count). The first kappa shape index (κ1) is 13.4. The average molecular weight is 230 g/mol. The molecule has 0 saturated carbocycles. The minimum atomic E-state index is -0.457. The summed E-state index contributed by atoms with van der Waals surface area (Å²) in [5.74, 6) is 0.0184. The van der Waals surface area contributed by atoms with Crippen molar-refractivity contribution in [3.05, 3.63) is 0 Å². The van der Waals surface area contributed by atoms with Crippen molar-refractivity contribution in [3.63, 3.8) is 0 Å². The predicted molar refractivity (Wildman–Crippen MR) is 61.1 cm³/mol. The maximum Gasteiger partial charge on any atom is 0.251 e. The van der Waals surface area contributed by atoms with E-state index in [0.717, 1.165) is 0 Å². The zero-order chi connectivity index (χ0) is 12.2. The third-order valence-electron chi connectivity index (χ3n) is 2.66. The van der Waals surface area contributed by atoms with Gasteiger partial charge in [0.05, 0.1) is 18.8 Å². The molecule has 1 aliphatic heterocycles. The van der Waals surface area contributed by atoms with Crippen molar-refractivity contribution in [3.8, 4) is 0 Å². The zero-order valence-electron chi connectivity index (χ0n) is 10.4. The Labute approximate surface area is 96.9 Å². The lowest BCUT2D eigenvalue weighted by Gasteiger charge is -2.32. The maximum absolute atomic E-state index is 12.0. The molecule has 1 aliphatic rings. The summed E-state index contributed by atoms with van der Waals surface area (Å²) in [6, 6.07) is 0. The minimum absolute atomic E-state index is 0.0184. The van der Waals surface area contributed by atoms with Crippen molar-refractivity contribution >= 4 is 5.91 Å². The Bertz CT molecular complexity index is 237. The van der Waals surface area contributed by atoms with Crippen LogP contribution < -0.4 is 5.73 Å². The highest BCUT2D eigenvalue weighted by Gasteiger charge is 2.28. The molecule has 1 saturated heterocycles. The number of carbonyl (C=O) groups excluding carboxylic acids is 1. The van der Waals surface area contributed by atoms with Gasteiger partial charge in [-0.15, -0.1) is 0 Å². The lowest BCUT2D eigenvalue weighted by atomic mass is 10.1. The first-order chi connectivity index (χ1) is 7.46. The molecule has 0 bridgehead atoms. The highest BCUT2D eigenvalue weighted by Crippen LogP contribution is 2.12. The second-order valence-electron chi connectivity index (χ2n) is 4.66. The molecule has 0 radical (unpaired) electrons. The molecule has 1 amide bonds. The van der Waals surface area contributed by atoms with Gasteiger partial charge in [-0.2, -0.15) is 0 Å². The molecular formula is C11H22N2O3. The molecule has 5 heteroatoms. The van der Waals surface area contributed by atoms with Crippen molar-refractivity contribution in [2.24, 2.45) is 5.73 Å². The number of morpholine rings is 1. The third kappa shape index (κ3) is 3.73. The van der Waals surface area contributed by atoms with Gasteiger partial charge in [-0.3, -0.25) is 4.79 Å². The van der Waals surface area contributed by atoms with E-state index in [1.54, 1.807) is 11.8 Å². The van der Waals surface area contributed by atoms with E-state index in [0.29, 0.717) is 32.8 Å². The molecule has 0 aromatic heterocycles. The summed E-state index contributed by atoms with van der Waals surface area (Å²) in [5, 5.41) is 0. The Morgan fingerprint density at radius 1 is 1.50 bits per heavy atom. The van der Waals surface area contributed by atoms with E-state index in [1.165, 1.54) is 0 Å². The van der Waals surface area contributed by atoms with Crippen LogP contribution in [0.2, 0.25) is 0 Å². The van der Waals surface area contributed by atoms with E-state index in [2.05, 4.69) is 0 Å². The molecule has 5 nitrogen and oxygen atoms in total. The second kappa shape index (κ2) is 5.61. The monoisotopic (exact) mass is 230 g/mol. The molecule has 0 aromatic rings. The Kier molecular flexibility index (Phi) is 4.70. The summed E-state index contributed by atoms with van der Waals surface area (Å²) in [5.41, 5.74) is 5.11. The van der Waals surface area contributed by atoms with Crippen LogP contribution >= 0.6 is 0 Å². The van der Waals surface area contributed by atoms with E-state index in [9.17, 15) is 4.79 Å². The van der Waals surface area contributed by atoms with E-state index < -0.39 is 11.7 Å². The zero-order valence-corrected chi connectivity index (χ0v) is 10.4. The summed E-state index contributed by atoms with van der Waals surface area (Å²) in [4.78, 5) is 13.8. The van der Waals surface area contributed by atoms with Gasteiger partial charge in [0.15, 0.2) is 0 Å². The molecule has 1 unspecified atom stereocenters. The van der Waals surface area contributed by atoms with Crippen LogP contribution in [-0.4, -0.2) is 55.4 Å². The summed E-state index contributed by atoms with van der Waals surface area (Å²) in [6.07, 6.45) is -0.448. The number of ether oxygens (including phenoxy) is 2. The Hall–Kier alpha value is -0.650. The lowest BCUT2D eigenvalue weighted by molar-refractivity contribution is -0.155. The molecule has 16 heavy (non-hydrogen) atoms. The van der Waals surface area contributed by atoms with Crippen molar-refractivity contribution in [2.75, 3.05) is 32.8 Å². The number of nitrogens with two attached hydrogens (primary N) is 1. The second-order valence-corrected chi connectivity index (χ2v) is 4.66. The van der Waals surface area contributed by atoms with Crippen LogP contribution in [0.3, 0.4) is 0 Å². The third-order valence-corrected chi connectivity index (χ3v) is 2.66. The minimum Gasteiger partial charge on any atom is -0.378 e. The van der Waals surface area contributed by atoms with Gasteiger partial charge >= 0.3 is 0 Å². The van der Waals surface area contributed by atoms with E-state index in [4.69, 9.17) is 15.2 Å². The SMILES string of the molecule is CC(OC(C)(C)CN)C(=O)N1CCOCC1. The van der Waals surface area contributed by atoms with Gasteiger partial charge in [0.2, 0.25) is 0 Å². The number of hydrogen-bond donors (Lipinski definition) is 1. The van der Waals surface area contributed by atoms with Crippen LogP contribution in [0.15, 0.2) is 0 Å². The van der Waals surface area contributed by atoms with E-state index >= 15 is 0 Å². The van der Waals surface area contributed by atoms with Gasteiger partial charge in [-0.1, -0.05) is 0 Å². The average Bonchev–Trinajstić information content (AvgIpc) is 2.28. The van der Waals surface area contributed by atoms with Gasteiger partial charge in [-0.05, 0) is 20.8 Å². The highest BCUT2D eigenvalue weighted by molar-refractivity contribution is 5.80. The van der Waals surface area contributed by atoms with Crippen LogP contribution in [-0.2, 0) is 14.3 Å². The van der Waals surface area contributed by atoms with Crippen LogP contribution in [0.1, 0.15) is 20.8 Å². The van der Waals surface area contributed by atoms with Crippen LogP contribution in [0.5, 0.6) is 0 Å². The molecule has 1 atom stereocenters. The number of hydrogen-bond acceptors (Lipinski definition) is 4. The lowest BCUT2D eigenvalue weighted by Crippen LogP contribution is -2.48. The number of carbonyl (C=O) groups is 1. The molecule has 0 aromatic carbocycles. The van der Waals surface area contributed by atoms with Gasteiger partial charge in [0, 0.05) is 19.6 Å².